The van der Waals surface area contributed by atoms with E-state index in [0.717, 1.165) is 19.4 Å². The summed E-state index contributed by atoms with van der Waals surface area (Å²) in [5.41, 5.74) is 0. The lowest BCUT2D eigenvalue weighted by Crippen LogP contribution is -2.28. The van der Waals surface area contributed by atoms with Crippen molar-refractivity contribution in [2.75, 3.05) is 6.54 Å². The van der Waals surface area contributed by atoms with Gasteiger partial charge in [0.15, 0.2) is 0 Å². The van der Waals surface area contributed by atoms with Crippen molar-refractivity contribution >= 4 is 5.91 Å². The first kappa shape index (κ1) is 11.5. The van der Waals surface area contributed by atoms with Crippen LogP contribution in [0.15, 0.2) is 0 Å². The lowest BCUT2D eigenvalue weighted by molar-refractivity contribution is -0.121. The predicted octanol–water partition coefficient (Wildman–Crippen LogP) is 1.29. The summed E-state index contributed by atoms with van der Waals surface area (Å²) in [5, 5.41) is 6.32. The third-order valence-corrected chi connectivity index (χ3v) is 2.59. The number of amides is 1. The molecule has 2 atom stereocenters. The third kappa shape index (κ3) is 4.61. The highest BCUT2D eigenvalue weighted by Gasteiger charge is 2.33. The van der Waals surface area contributed by atoms with Crippen LogP contribution in [0.25, 0.3) is 0 Å². The molecule has 2 N–H and O–H groups in total. The second-order valence-electron chi connectivity index (χ2n) is 4.60. The van der Waals surface area contributed by atoms with Crippen LogP contribution in [0.5, 0.6) is 0 Å². The van der Waals surface area contributed by atoms with Crippen LogP contribution in [-0.2, 0) is 4.79 Å². The maximum absolute atomic E-state index is 11.3. The minimum absolute atomic E-state index is 0.213. The predicted molar refractivity (Wildman–Crippen MR) is 58.1 cm³/mol. The van der Waals surface area contributed by atoms with E-state index in [0.29, 0.717) is 24.4 Å². The summed E-state index contributed by atoms with van der Waals surface area (Å²) in [6.45, 7) is 7.34. The Labute approximate surface area is 86.6 Å². The van der Waals surface area contributed by atoms with E-state index >= 15 is 0 Å². The maximum atomic E-state index is 11.3. The molecule has 1 aliphatic carbocycles. The molecule has 2 unspecified atom stereocenters. The average Bonchev–Trinajstić information content (AvgIpc) is 2.75. The second kappa shape index (κ2) is 5.35. The van der Waals surface area contributed by atoms with Crippen LogP contribution >= 0.6 is 0 Å². The number of nitrogens with one attached hydrogen (secondary N) is 2. The minimum atomic E-state index is 0.213. The van der Waals surface area contributed by atoms with Gasteiger partial charge in [-0.05, 0) is 25.3 Å². The standard InChI is InChI=1S/C11H22N2O/c1-8(2)12-6-4-5-11(14)13-10-7-9(10)3/h8-10,12H,4-7H2,1-3H3,(H,13,14). The Morgan fingerprint density at radius 3 is 2.64 bits per heavy atom. The number of hydrogen-bond acceptors (Lipinski definition) is 2. The lowest BCUT2D eigenvalue weighted by Gasteiger charge is -2.07. The first-order valence-electron chi connectivity index (χ1n) is 5.62. The molecule has 0 bridgehead atoms. The number of rotatable bonds is 6. The Bertz CT molecular complexity index is 192. The highest BCUT2D eigenvalue weighted by atomic mass is 16.1. The zero-order chi connectivity index (χ0) is 10.6. The summed E-state index contributed by atoms with van der Waals surface area (Å²) in [6, 6.07) is 0.988. The van der Waals surface area contributed by atoms with Crippen molar-refractivity contribution in [1.29, 1.82) is 0 Å². The van der Waals surface area contributed by atoms with Crippen molar-refractivity contribution in [3.63, 3.8) is 0 Å². The van der Waals surface area contributed by atoms with Crippen LogP contribution in [0, 0.1) is 5.92 Å². The molecule has 1 saturated carbocycles. The molecule has 0 saturated heterocycles. The van der Waals surface area contributed by atoms with Gasteiger partial charge >= 0.3 is 0 Å². The van der Waals surface area contributed by atoms with Crippen molar-refractivity contribution < 1.29 is 4.79 Å². The third-order valence-electron chi connectivity index (χ3n) is 2.59. The molecule has 3 nitrogen and oxygen atoms in total. The molecule has 3 heteroatoms. The zero-order valence-electron chi connectivity index (χ0n) is 9.47. The molecule has 14 heavy (non-hydrogen) atoms. The Kier molecular flexibility index (Phi) is 4.39. The van der Waals surface area contributed by atoms with Gasteiger partial charge in [0.2, 0.25) is 5.91 Å². The van der Waals surface area contributed by atoms with Crippen LogP contribution in [0.4, 0.5) is 0 Å². The Morgan fingerprint density at radius 2 is 2.14 bits per heavy atom. The quantitative estimate of drug-likeness (QED) is 0.631. The topological polar surface area (TPSA) is 41.1 Å². The maximum Gasteiger partial charge on any atom is 0.220 e. The van der Waals surface area contributed by atoms with Gasteiger partial charge in [-0.15, -0.1) is 0 Å². The summed E-state index contributed by atoms with van der Waals surface area (Å²) in [6.07, 6.45) is 2.75. The number of carbonyl (C=O) groups excluding carboxylic acids is 1. The van der Waals surface area contributed by atoms with E-state index in [1.54, 1.807) is 0 Å². The molecule has 1 fully saturated rings. The molecule has 1 rings (SSSR count). The smallest absolute Gasteiger partial charge is 0.220 e. The fourth-order valence-corrected chi connectivity index (χ4v) is 1.44. The molecular weight excluding hydrogens is 176 g/mol. The van der Waals surface area contributed by atoms with E-state index in [9.17, 15) is 4.79 Å². The van der Waals surface area contributed by atoms with Gasteiger partial charge in [-0.25, -0.2) is 0 Å². The Balaban J connectivity index is 1.93. The Morgan fingerprint density at radius 1 is 1.50 bits per heavy atom. The molecule has 1 aliphatic rings. The molecule has 0 aliphatic heterocycles. The fraction of sp³-hybridized carbons (Fsp3) is 0.909. The van der Waals surface area contributed by atoms with E-state index in [2.05, 4.69) is 31.4 Å². The molecule has 0 aromatic rings. The monoisotopic (exact) mass is 198 g/mol. The van der Waals surface area contributed by atoms with E-state index in [4.69, 9.17) is 0 Å². The molecule has 0 aromatic carbocycles. The van der Waals surface area contributed by atoms with Crippen LogP contribution in [0.2, 0.25) is 0 Å². The highest BCUT2D eigenvalue weighted by Crippen LogP contribution is 2.28. The zero-order valence-corrected chi connectivity index (χ0v) is 9.47. The Hall–Kier alpha value is -0.570. The van der Waals surface area contributed by atoms with Gasteiger partial charge in [0, 0.05) is 18.5 Å². The number of carbonyl (C=O) groups is 1. The molecular formula is C11H22N2O. The van der Waals surface area contributed by atoms with Crippen LogP contribution in [0.3, 0.4) is 0 Å². The second-order valence-corrected chi connectivity index (χ2v) is 4.60. The molecule has 0 aromatic heterocycles. The largest absolute Gasteiger partial charge is 0.353 e. The van der Waals surface area contributed by atoms with Gasteiger partial charge in [0.25, 0.3) is 0 Å². The molecule has 0 spiro atoms. The fourth-order valence-electron chi connectivity index (χ4n) is 1.44. The molecule has 0 radical (unpaired) electrons. The first-order valence-corrected chi connectivity index (χ1v) is 5.62. The summed E-state index contributed by atoms with van der Waals surface area (Å²) in [4.78, 5) is 11.3. The number of hydrogen-bond donors (Lipinski definition) is 2. The van der Waals surface area contributed by atoms with Crippen molar-refractivity contribution in [1.82, 2.24) is 10.6 Å². The first-order chi connectivity index (χ1) is 6.59. The van der Waals surface area contributed by atoms with Gasteiger partial charge in [0.05, 0.1) is 0 Å². The SMILES string of the molecule is CC(C)NCCCC(=O)NC1CC1C. The molecule has 82 valence electrons. The minimum Gasteiger partial charge on any atom is -0.353 e. The van der Waals surface area contributed by atoms with Gasteiger partial charge in [-0.1, -0.05) is 20.8 Å². The van der Waals surface area contributed by atoms with E-state index in [-0.39, 0.29) is 5.91 Å². The van der Waals surface area contributed by atoms with E-state index in [1.165, 1.54) is 0 Å². The summed E-state index contributed by atoms with van der Waals surface area (Å²) in [5.74, 6) is 0.914. The van der Waals surface area contributed by atoms with Gasteiger partial charge in [0.1, 0.15) is 0 Å². The average molecular weight is 198 g/mol. The molecule has 1 amide bonds. The summed E-state index contributed by atoms with van der Waals surface area (Å²) < 4.78 is 0. The summed E-state index contributed by atoms with van der Waals surface area (Å²) in [7, 11) is 0. The van der Waals surface area contributed by atoms with E-state index < -0.39 is 0 Å². The summed E-state index contributed by atoms with van der Waals surface area (Å²) >= 11 is 0. The lowest BCUT2D eigenvalue weighted by atomic mass is 10.2. The van der Waals surface area contributed by atoms with Crippen molar-refractivity contribution in [3.05, 3.63) is 0 Å². The van der Waals surface area contributed by atoms with Gasteiger partial charge in [-0.2, -0.15) is 0 Å². The van der Waals surface area contributed by atoms with Crippen molar-refractivity contribution in [3.8, 4) is 0 Å². The van der Waals surface area contributed by atoms with Crippen LogP contribution < -0.4 is 10.6 Å². The van der Waals surface area contributed by atoms with Crippen molar-refractivity contribution in [2.45, 2.75) is 52.1 Å². The van der Waals surface area contributed by atoms with Crippen molar-refractivity contribution in [2.24, 2.45) is 5.92 Å². The van der Waals surface area contributed by atoms with Gasteiger partial charge in [-0.3, -0.25) is 4.79 Å². The van der Waals surface area contributed by atoms with Crippen LogP contribution in [-0.4, -0.2) is 24.5 Å². The van der Waals surface area contributed by atoms with E-state index in [1.807, 2.05) is 0 Å². The van der Waals surface area contributed by atoms with Gasteiger partial charge < -0.3 is 10.6 Å². The molecule has 0 heterocycles. The highest BCUT2D eigenvalue weighted by molar-refractivity contribution is 5.76. The van der Waals surface area contributed by atoms with Crippen LogP contribution in [0.1, 0.15) is 40.0 Å². The normalized spacial score (nSPS) is 25.1.